The number of thioether (sulfide) groups is 1. The van der Waals surface area contributed by atoms with Crippen molar-refractivity contribution in [3.8, 4) is 11.4 Å². The summed E-state index contributed by atoms with van der Waals surface area (Å²) >= 11 is 7.50. The molecule has 4 aromatic rings. The lowest BCUT2D eigenvalue weighted by atomic mass is 10.2. The number of nitrogens with zero attached hydrogens (tertiary/aromatic N) is 1. The molecule has 150 valence electrons. The maximum absolute atomic E-state index is 12.8. The number of fused-ring (bicyclic) bond motifs is 1. The number of nitrogens with one attached hydrogen (secondary N) is 2. The van der Waals surface area contributed by atoms with Crippen LogP contribution in [0.3, 0.4) is 0 Å². The molecule has 4 rings (SSSR count). The number of imidazole rings is 1. The number of benzene rings is 3. The Kier molecular flexibility index (Phi) is 5.74. The number of nitrogens with two attached hydrogens (primary N) is 1. The van der Waals surface area contributed by atoms with Crippen LogP contribution in [0.15, 0.2) is 71.6 Å². The van der Waals surface area contributed by atoms with Crippen molar-refractivity contribution in [1.82, 2.24) is 9.97 Å². The number of aromatic amines is 1. The number of carbonyl (C=O) groups is 2. The van der Waals surface area contributed by atoms with Gasteiger partial charge in [0.1, 0.15) is 5.82 Å². The molecular weight excluding hydrogens is 420 g/mol. The lowest BCUT2D eigenvalue weighted by Crippen LogP contribution is -2.15. The summed E-state index contributed by atoms with van der Waals surface area (Å²) < 4.78 is 0. The average molecular weight is 437 g/mol. The maximum atomic E-state index is 12.8. The molecule has 0 fully saturated rings. The standard InChI is InChI=1S/C22H17ClN4O2S/c23-16-7-3-1-5-14(16)21-26-17-10-9-13(11-18(17)27-21)25-22(29)15-6-2-4-8-19(15)30-12-20(24)28/h1-11H,12H2,(H2,24,28)(H,25,29)(H,26,27). The van der Waals surface area contributed by atoms with E-state index in [0.29, 0.717) is 27.0 Å². The molecule has 30 heavy (non-hydrogen) atoms. The van der Waals surface area contributed by atoms with Crippen LogP contribution in [-0.2, 0) is 4.79 Å². The van der Waals surface area contributed by atoms with Crippen molar-refractivity contribution in [2.45, 2.75) is 4.90 Å². The number of anilines is 1. The van der Waals surface area contributed by atoms with E-state index in [1.54, 1.807) is 24.3 Å². The van der Waals surface area contributed by atoms with Gasteiger partial charge in [0.2, 0.25) is 5.91 Å². The van der Waals surface area contributed by atoms with Crippen LogP contribution in [0.1, 0.15) is 10.4 Å². The predicted octanol–water partition coefficient (Wildman–Crippen LogP) is 4.71. The van der Waals surface area contributed by atoms with Crippen molar-refractivity contribution < 1.29 is 9.59 Å². The SMILES string of the molecule is NC(=O)CSc1ccccc1C(=O)Nc1ccc2nc(-c3ccccc3Cl)[nH]c2c1. The van der Waals surface area contributed by atoms with Gasteiger partial charge in [0, 0.05) is 16.1 Å². The highest BCUT2D eigenvalue weighted by Gasteiger charge is 2.14. The summed E-state index contributed by atoms with van der Waals surface area (Å²) in [5, 5.41) is 3.50. The second-order valence-corrected chi connectivity index (χ2v) is 7.93. The zero-order valence-corrected chi connectivity index (χ0v) is 17.3. The molecule has 0 unspecified atom stereocenters. The fourth-order valence-corrected chi connectivity index (χ4v) is 4.01. The number of hydrogen-bond acceptors (Lipinski definition) is 4. The van der Waals surface area contributed by atoms with E-state index >= 15 is 0 Å². The summed E-state index contributed by atoms with van der Waals surface area (Å²) in [5.41, 5.74) is 8.67. The van der Waals surface area contributed by atoms with E-state index in [9.17, 15) is 9.59 Å². The van der Waals surface area contributed by atoms with Crippen molar-refractivity contribution in [1.29, 1.82) is 0 Å². The van der Waals surface area contributed by atoms with Gasteiger partial charge in [-0.3, -0.25) is 9.59 Å². The highest BCUT2D eigenvalue weighted by molar-refractivity contribution is 8.00. The first-order valence-corrected chi connectivity index (χ1v) is 10.4. The number of carbonyl (C=O) groups excluding carboxylic acids is 2. The topological polar surface area (TPSA) is 101 Å². The Morgan fingerprint density at radius 2 is 1.83 bits per heavy atom. The average Bonchev–Trinajstić information content (AvgIpc) is 3.16. The number of aromatic nitrogens is 2. The van der Waals surface area contributed by atoms with Crippen molar-refractivity contribution in [2.75, 3.05) is 11.1 Å². The van der Waals surface area contributed by atoms with Crippen LogP contribution in [0.4, 0.5) is 5.69 Å². The Labute approximate surface area is 181 Å². The summed E-state index contributed by atoms with van der Waals surface area (Å²) in [6, 6.07) is 20.0. The van der Waals surface area contributed by atoms with Gasteiger partial charge >= 0.3 is 0 Å². The van der Waals surface area contributed by atoms with Gasteiger partial charge in [0.05, 0.1) is 27.4 Å². The van der Waals surface area contributed by atoms with E-state index in [1.165, 1.54) is 11.8 Å². The molecule has 0 spiro atoms. The molecule has 3 aromatic carbocycles. The number of amides is 2. The Bertz CT molecular complexity index is 1250. The van der Waals surface area contributed by atoms with Crippen molar-refractivity contribution in [3.05, 3.63) is 77.3 Å². The molecule has 1 aromatic heterocycles. The Morgan fingerprint density at radius 3 is 2.63 bits per heavy atom. The van der Waals surface area contributed by atoms with E-state index in [0.717, 1.165) is 16.6 Å². The Hall–Kier alpha value is -3.29. The summed E-state index contributed by atoms with van der Waals surface area (Å²) in [6.45, 7) is 0. The minimum Gasteiger partial charge on any atom is -0.369 e. The molecule has 8 heteroatoms. The quantitative estimate of drug-likeness (QED) is 0.381. The van der Waals surface area contributed by atoms with E-state index in [1.807, 2.05) is 42.5 Å². The summed E-state index contributed by atoms with van der Waals surface area (Å²) in [7, 11) is 0. The zero-order valence-electron chi connectivity index (χ0n) is 15.7. The third-order valence-electron chi connectivity index (χ3n) is 4.37. The van der Waals surface area contributed by atoms with Gasteiger partial charge < -0.3 is 16.0 Å². The summed E-state index contributed by atoms with van der Waals surface area (Å²) in [4.78, 5) is 32.4. The van der Waals surface area contributed by atoms with Gasteiger partial charge in [-0.2, -0.15) is 0 Å². The molecule has 0 bridgehead atoms. The van der Waals surface area contributed by atoms with Crippen LogP contribution in [0, 0.1) is 0 Å². The second-order valence-electron chi connectivity index (χ2n) is 6.50. The van der Waals surface area contributed by atoms with E-state index in [-0.39, 0.29) is 11.7 Å². The lowest BCUT2D eigenvalue weighted by molar-refractivity contribution is -0.115. The van der Waals surface area contributed by atoms with Gasteiger partial charge in [-0.05, 0) is 42.5 Å². The third-order valence-corrected chi connectivity index (χ3v) is 5.80. The van der Waals surface area contributed by atoms with E-state index < -0.39 is 5.91 Å². The van der Waals surface area contributed by atoms with E-state index in [4.69, 9.17) is 17.3 Å². The van der Waals surface area contributed by atoms with Gasteiger partial charge in [0.15, 0.2) is 0 Å². The predicted molar refractivity (Wildman–Crippen MR) is 121 cm³/mol. The fourth-order valence-electron chi connectivity index (χ4n) is 3.00. The third kappa shape index (κ3) is 4.32. The number of H-pyrrole nitrogens is 1. The second kappa shape index (κ2) is 8.61. The van der Waals surface area contributed by atoms with Crippen molar-refractivity contribution in [2.24, 2.45) is 5.73 Å². The minimum absolute atomic E-state index is 0.106. The number of halogens is 1. The lowest BCUT2D eigenvalue weighted by Gasteiger charge is -2.09. The van der Waals surface area contributed by atoms with Crippen LogP contribution in [0.25, 0.3) is 22.4 Å². The summed E-state index contributed by atoms with van der Waals surface area (Å²) in [6.07, 6.45) is 0. The Balaban J connectivity index is 1.58. The molecule has 1 heterocycles. The molecule has 0 atom stereocenters. The highest BCUT2D eigenvalue weighted by Crippen LogP contribution is 2.28. The Morgan fingerprint density at radius 1 is 1.07 bits per heavy atom. The molecule has 4 N–H and O–H groups in total. The van der Waals surface area contributed by atoms with Crippen LogP contribution in [0.2, 0.25) is 5.02 Å². The first-order valence-electron chi connectivity index (χ1n) is 9.07. The smallest absolute Gasteiger partial charge is 0.256 e. The first kappa shape index (κ1) is 20.0. The highest BCUT2D eigenvalue weighted by atomic mass is 35.5. The monoisotopic (exact) mass is 436 g/mol. The normalized spacial score (nSPS) is 10.8. The molecule has 0 aliphatic heterocycles. The van der Waals surface area contributed by atoms with Crippen molar-refractivity contribution >= 4 is 51.9 Å². The fraction of sp³-hybridized carbons (Fsp3) is 0.0455. The number of hydrogen-bond donors (Lipinski definition) is 3. The molecular formula is C22H17ClN4O2S. The number of rotatable bonds is 6. The first-order chi connectivity index (χ1) is 14.5. The van der Waals surface area contributed by atoms with Gasteiger partial charge in [-0.25, -0.2) is 4.98 Å². The zero-order chi connectivity index (χ0) is 21.1. The minimum atomic E-state index is -0.436. The molecule has 6 nitrogen and oxygen atoms in total. The molecule has 0 saturated heterocycles. The molecule has 2 amide bonds. The largest absolute Gasteiger partial charge is 0.369 e. The number of primary amides is 1. The van der Waals surface area contributed by atoms with Crippen molar-refractivity contribution in [3.63, 3.8) is 0 Å². The van der Waals surface area contributed by atoms with Gasteiger partial charge in [0.25, 0.3) is 5.91 Å². The summed E-state index contributed by atoms with van der Waals surface area (Å²) in [5.74, 6) is 0.0594. The maximum Gasteiger partial charge on any atom is 0.256 e. The molecule has 0 aliphatic carbocycles. The van der Waals surface area contributed by atoms with Crippen LogP contribution < -0.4 is 11.1 Å². The van der Waals surface area contributed by atoms with E-state index in [2.05, 4.69) is 15.3 Å². The van der Waals surface area contributed by atoms with Gasteiger partial charge in [-0.1, -0.05) is 35.9 Å². The van der Waals surface area contributed by atoms with Crippen LogP contribution in [0.5, 0.6) is 0 Å². The van der Waals surface area contributed by atoms with Crippen LogP contribution >= 0.6 is 23.4 Å². The molecule has 0 radical (unpaired) electrons. The molecule has 0 saturated carbocycles. The van der Waals surface area contributed by atoms with Crippen LogP contribution in [-0.4, -0.2) is 27.5 Å². The molecule has 0 aliphatic rings. The van der Waals surface area contributed by atoms with Gasteiger partial charge in [-0.15, -0.1) is 11.8 Å².